The van der Waals surface area contributed by atoms with Crippen LogP contribution in [0.1, 0.15) is 5.56 Å². The molecule has 0 heterocycles. The predicted octanol–water partition coefficient (Wildman–Crippen LogP) is 4.46. The van der Waals surface area contributed by atoms with Crippen LogP contribution in [0.25, 0.3) is 0 Å². The zero-order valence-corrected chi connectivity index (χ0v) is 23.7. The first-order chi connectivity index (χ1) is 13.6. The molecule has 0 spiro atoms. The van der Waals surface area contributed by atoms with Crippen LogP contribution < -0.4 is 15.6 Å². The third-order valence-electron chi connectivity index (χ3n) is 3.51. The van der Waals surface area contributed by atoms with Gasteiger partial charge in [-0.1, -0.05) is 0 Å². The van der Waals surface area contributed by atoms with Crippen LogP contribution in [0, 0.1) is 14.3 Å². The van der Waals surface area contributed by atoms with Crippen molar-refractivity contribution in [3.05, 3.63) is 44.1 Å². The van der Waals surface area contributed by atoms with Gasteiger partial charge in [-0.3, -0.25) is 15.0 Å². The number of amides is 1. The normalized spacial score (nSPS) is 11.8. The van der Waals surface area contributed by atoms with Crippen LogP contribution in [0.3, 0.4) is 0 Å². The molecular formula is C17H13ClI4N2O5. The summed E-state index contributed by atoms with van der Waals surface area (Å²) in [6.45, 7) is 0. The number of hydrogen-bond donors (Lipinski definition) is 4. The first kappa shape index (κ1) is 25.4. The summed E-state index contributed by atoms with van der Waals surface area (Å²) in [5.41, 5.74) is 5.52. The summed E-state index contributed by atoms with van der Waals surface area (Å²) < 4.78 is 8.98. The molecule has 1 atom stereocenters. The molecular weight excluding hydrogens is 855 g/mol. The number of phenolic OH excluding ortho intramolecular Hbond substituents is 1. The summed E-state index contributed by atoms with van der Waals surface area (Å²) in [5, 5.41) is 19.3. The number of aliphatic carboxylic acids is 1. The van der Waals surface area contributed by atoms with Gasteiger partial charge < -0.3 is 14.9 Å². The highest BCUT2D eigenvalue weighted by Gasteiger charge is 2.20. The largest absolute Gasteiger partial charge is 0.506 e. The van der Waals surface area contributed by atoms with Crippen LogP contribution in [-0.2, 0) is 16.0 Å². The van der Waals surface area contributed by atoms with E-state index in [1.54, 1.807) is 12.1 Å². The van der Waals surface area contributed by atoms with E-state index in [9.17, 15) is 19.8 Å². The Morgan fingerprint density at radius 2 is 1.59 bits per heavy atom. The smallest absolute Gasteiger partial charge is 0.322 e. The molecule has 156 valence electrons. The maximum absolute atomic E-state index is 11.5. The molecule has 12 heteroatoms. The fraction of sp³-hybridized carbons (Fsp3) is 0.176. The molecule has 2 aromatic rings. The molecule has 0 saturated carbocycles. The Morgan fingerprint density at radius 3 is 2.07 bits per heavy atom. The number of alkyl halides is 1. The van der Waals surface area contributed by atoms with Gasteiger partial charge in [0.1, 0.15) is 23.4 Å². The molecule has 0 aromatic heterocycles. The second-order valence-electron chi connectivity index (χ2n) is 5.65. The number of hydrogen-bond acceptors (Lipinski definition) is 5. The summed E-state index contributed by atoms with van der Waals surface area (Å²) in [6.07, 6.45) is 0.152. The number of carboxylic acids is 1. The van der Waals surface area contributed by atoms with Crippen LogP contribution in [0.15, 0.2) is 24.3 Å². The molecule has 2 rings (SSSR count). The second-order valence-corrected chi connectivity index (χ2v) is 10.6. The molecule has 0 unspecified atom stereocenters. The second kappa shape index (κ2) is 11.7. The highest BCUT2D eigenvalue weighted by molar-refractivity contribution is 14.1. The predicted molar refractivity (Wildman–Crippen MR) is 143 cm³/mol. The van der Waals surface area contributed by atoms with E-state index < -0.39 is 17.9 Å². The summed E-state index contributed by atoms with van der Waals surface area (Å²) in [6, 6.07) is 6.12. The highest BCUT2D eigenvalue weighted by atomic mass is 127. The van der Waals surface area contributed by atoms with Crippen LogP contribution in [0.5, 0.6) is 17.2 Å². The molecule has 0 radical (unpaired) electrons. The summed E-state index contributed by atoms with van der Waals surface area (Å²) in [7, 11) is 0. The lowest BCUT2D eigenvalue weighted by Crippen LogP contribution is -2.49. The molecule has 7 nitrogen and oxygen atoms in total. The van der Waals surface area contributed by atoms with E-state index in [4.69, 9.17) is 16.3 Å². The van der Waals surface area contributed by atoms with Crippen molar-refractivity contribution in [3.63, 3.8) is 0 Å². The van der Waals surface area contributed by atoms with E-state index in [0.717, 1.165) is 12.7 Å². The van der Waals surface area contributed by atoms with E-state index in [0.29, 0.717) is 18.6 Å². The lowest BCUT2D eigenvalue weighted by molar-refractivity contribution is -0.140. The summed E-state index contributed by atoms with van der Waals surface area (Å²) in [5.74, 6) is -0.429. The zero-order valence-electron chi connectivity index (χ0n) is 14.3. The molecule has 1 amide bonds. The number of carbonyl (C=O) groups excluding carboxylic acids is 1. The molecule has 29 heavy (non-hydrogen) atoms. The summed E-state index contributed by atoms with van der Waals surface area (Å²) in [4.78, 5) is 22.7. The number of benzene rings is 2. The van der Waals surface area contributed by atoms with Crippen molar-refractivity contribution < 1.29 is 24.5 Å². The van der Waals surface area contributed by atoms with Gasteiger partial charge in [-0.15, -0.1) is 11.6 Å². The van der Waals surface area contributed by atoms with Crippen LogP contribution >= 0.6 is 102 Å². The number of phenols is 1. The van der Waals surface area contributed by atoms with Gasteiger partial charge in [0.05, 0.1) is 14.3 Å². The van der Waals surface area contributed by atoms with Gasteiger partial charge in [-0.05, 0) is 120 Å². The molecule has 0 bridgehead atoms. The van der Waals surface area contributed by atoms with Gasteiger partial charge >= 0.3 is 5.97 Å². The van der Waals surface area contributed by atoms with Crippen LogP contribution in [0.2, 0.25) is 0 Å². The number of aromatic hydroxyl groups is 1. The van der Waals surface area contributed by atoms with E-state index in [1.165, 1.54) is 0 Å². The van der Waals surface area contributed by atoms with Crippen molar-refractivity contribution in [1.82, 2.24) is 10.9 Å². The molecule has 2 aromatic carbocycles. The van der Waals surface area contributed by atoms with Crippen molar-refractivity contribution in [2.75, 3.05) is 5.88 Å². The molecule has 0 aliphatic heterocycles. The maximum atomic E-state index is 11.5. The SMILES string of the molecule is O=C(CCl)NN[C@@H](Cc1cc(I)c(Oc2cc(I)c(O)c(I)c2)c(I)c1)C(=O)O. The topological polar surface area (TPSA) is 108 Å². The number of carbonyl (C=O) groups is 2. The quantitative estimate of drug-likeness (QED) is 0.178. The maximum Gasteiger partial charge on any atom is 0.322 e. The Kier molecular flexibility index (Phi) is 10.2. The Hall–Kier alpha value is 0.150. The van der Waals surface area contributed by atoms with Crippen molar-refractivity contribution in [1.29, 1.82) is 0 Å². The third-order valence-corrected chi connectivity index (χ3v) is 7.00. The van der Waals surface area contributed by atoms with E-state index >= 15 is 0 Å². The minimum atomic E-state index is -1.10. The van der Waals surface area contributed by atoms with E-state index in [2.05, 4.69) is 56.0 Å². The van der Waals surface area contributed by atoms with E-state index in [-0.39, 0.29) is 18.1 Å². The van der Waals surface area contributed by atoms with Crippen LogP contribution in [0.4, 0.5) is 0 Å². The summed E-state index contributed by atoms with van der Waals surface area (Å²) >= 11 is 13.7. The number of nitrogens with one attached hydrogen (secondary N) is 2. The van der Waals surface area contributed by atoms with Gasteiger partial charge in [0, 0.05) is 6.42 Å². The first-order valence-electron chi connectivity index (χ1n) is 7.79. The highest BCUT2D eigenvalue weighted by Crippen LogP contribution is 2.36. The van der Waals surface area contributed by atoms with Crippen molar-refractivity contribution >= 4 is 114 Å². The minimum Gasteiger partial charge on any atom is -0.506 e. The van der Waals surface area contributed by atoms with Crippen molar-refractivity contribution in [3.8, 4) is 17.2 Å². The number of rotatable bonds is 8. The Bertz CT molecular complexity index is 898. The Morgan fingerprint density at radius 1 is 1.03 bits per heavy atom. The minimum absolute atomic E-state index is 0.152. The number of halogens is 5. The fourth-order valence-corrected chi connectivity index (χ4v) is 6.08. The molecule has 0 aliphatic carbocycles. The number of carboxylic acid groups (broad SMARTS) is 1. The van der Waals surface area contributed by atoms with Gasteiger partial charge in [0.15, 0.2) is 5.75 Å². The van der Waals surface area contributed by atoms with Crippen LogP contribution in [-0.4, -0.2) is 34.0 Å². The lowest BCUT2D eigenvalue weighted by atomic mass is 10.1. The Labute approximate surface area is 226 Å². The number of hydrazine groups is 1. The molecule has 4 N–H and O–H groups in total. The fourth-order valence-electron chi connectivity index (χ4n) is 2.18. The molecule has 0 saturated heterocycles. The zero-order chi connectivity index (χ0) is 21.7. The van der Waals surface area contributed by atoms with E-state index in [1.807, 2.05) is 57.3 Å². The van der Waals surface area contributed by atoms with Crippen molar-refractivity contribution in [2.24, 2.45) is 0 Å². The first-order valence-corrected chi connectivity index (χ1v) is 12.6. The molecule has 0 aliphatic rings. The average Bonchev–Trinajstić information content (AvgIpc) is 2.65. The molecule has 0 fully saturated rings. The van der Waals surface area contributed by atoms with Gasteiger partial charge in [-0.25, -0.2) is 5.43 Å². The average molecular weight is 868 g/mol. The third kappa shape index (κ3) is 7.36. The monoisotopic (exact) mass is 868 g/mol. The van der Waals surface area contributed by atoms with Gasteiger partial charge in [-0.2, -0.15) is 0 Å². The standard InChI is InChI=1S/C17H13ClI4N2O5/c18-6-14(25)24-23-13(17(27)28)3-7-1-11(21)16(12(22)2-7)29-8-4-9(19)15(26)10(20)5-8/h1-2,4-5,13,23,26H,3,6H2,(H,24,25)(H,27,28)/t13-/m0/s1. The number of ether oxygens (including phenoxy) is 1. The van der Waals surface area contributed by atoms with Gasteiger partial charge in [0.25, 0.3) is 0 Å². The Balaban J connectivity index is 2.21. The van der Waals surface area contributed by atoms with Crippen molar-refractivity contribution in [2.45, 2.75) is 12.5 Å². The van der Waals surface area contributed by atoms with Gasteiger partial charge in [0.2, 0.25) is 5.91 Å². The lowest BCUT2D eigenvalue weighted by Gasteiger charge is -2.17.